The smallest absolute Gasteiger partial charge is 0.276 e. The van der Waals surface area contributed by atoms with Gasteiger partial charge in [-0.2, -0.15) is 15.4 Å². The van der Waals surface area contributed by atoms with Crippen LogP contribution in [0.4, 0.5) is 5.69 Å². The number of anilines is 1. The quantitative estimate of drug-likeness (QED) is 0.735. The lowest BCUT2D eigenvalue weighted by Gasteiger charge is -2.36. The normalized spacial score (nSPS) is 17.6. The van der Waals surface area contributed by atoms with E-state index in [9.17, 15) is 4.79 Å². The van der Waals surface area contributed by atoms with Crippen molar-refractivity contribution in [1.29, 1.82) is 0 Å². The number of aromatic nitrogens is 5. The number of hydrogen-bond acceptors (Lipinski definition) is 7. The van der Waals surface area contributed by atoms with Crippen LogP contribution in [0.5, 0.6) is 5.88 Å². The monoisotopic (exact) mass is 379 g/mol. The highest BCUT2D eigenvalue weighted by molar-refractivity contribution is 5.92. The maximum absolute atomic E-state index is 12.4. The molecule has 9 heteroatoms. The number of rotatable bonds is 4. The van der Waals surface area contributed by atoms with Crippen molar-refractivity contribution in [2.45, 2.75) is 25.4 Å². The third-order valence-electron chi connectivity index (χ3n) is 5.48. The van der Waals surface area contributed by atoms with Crippen molar-refractivity contribution in [3.63, 3.8) is 0 Å². The summed E-state index contributed by atoms with van der Waals surface area (Å²) in [5, 5.41) is 11.0. The number of benzene rings is 1. The number of carbonyl (C=O) groups is 1. The van der Waals surface area contributed by atoms with Crippen LogP contribution in [0.1, 0.15) is 29.8 Å². The van der Waals surface area contributed by atoms with E-state index in [1.807, 2.05) is 11.0 Å². The summed E-state index contributed by atoms with van der Waals surface area (Å²) >= 11 is 0. The van der Waals surface area contributed by atoms with E-state index in [1.165, 1.54) is 12.6 Å². The molecule has 1 aliphatic carbocycles. The van der Waals surface area contributed by atoms with Gasteiger partial charge in [0.25, 0.3) is 5.91 Å². The number of ether oxygens (including phenoxy) is 1. The van der Waals surface area contributed by atoms with Gasteiger partial charge < -0.3 is 14.5 Å². The molecule has 2 aliphatic rings. The van der Waals surface area contributed by atoms with Gasteiger partial charge in [-0.1, -0.05) is 0 Å². The molecule has 9 nitrogen and oxygen atoms in total. The molecule has 2 fully saturated rings. The number of hydrogen-bond donors (Lipinski definition) is 1. The zero-order valence-electron chi connectivity index (χ0n) is 15.4. The summed E-state index contributed by atoms with van der Waals surface area (Å²) in [5.41, 5.74) is 2.33. The lowest BCUT2D eigenvalue weighted by atomic mass is 9.96. The molecule has 0 bridgehead atoms. The maximum Gasteiger partial charge on any atom is 0.276 e. The fraction of sp³-hybridized carbons (Fsp3) is 0.421. The van der Waals surface area contributed by atoms with Crippen LogP contribution in [-0.4, -0.2) is 68.5 Å². The highest BCUT2D eigenvalue weighted by atomic mass is 16.5. The first kappa shape index (κ1) is 16.9. The Labute approximate surface area is 161 Å². The van der Waals surface area contributed by atoms with Gasteiger partial charge in [-0.3, -0.25) is 4.79 Å². The van der Waals surface area contributed by atoms with E-state index in [0.717, 1.165) is 42.5 Å². The predicted molar refractivity (Wildman–Crippen MR) is 102 cm³/mol. The molecular weight excluding hydrogens is 358 g/mol. The Morgan fingerprint density at radius 3 is 2.71 bits per heavy atom. The van der Waals surface area contributed by atoms with Gasteiger partial charge in [0.1, 0.15) is 12.4 Å². The summed E-state index contributed by atoms with van der Waals surface area (Å²) in [6, 6.07) is 6.17. The molecule has 0 atom stereocenters. The van der Waals surface area contributed by atoms with Crippen LogP contribution < -0.4 is 9.64 Å². The summed E-state index contributed by atoms with van der Waals surface area (Å²) in [5.74, 6) is 0.577. The van der Waals surface area contributed by atoms with Crippen LogP contribution in [0.2, 0.25) is 0 Å². The molecule has 1 aliphatic heterocycles. The minimum Gasteiger partial charge on any atom is -0.474 e. The number of piperazine rings is 1. The first-order valence-corrected chi connectivity index (χ1v) is 9.59. The first-order chi connectivity index (χ1) is 13.8. The van der Waals surface area contributed by atoms with Crippen LogP contribution >= 0.6 is 0 Å². The second kappa shape index (κ2) is 7.06. The third kappa shape index (κ3) is 3.12. The Kier molecular flexibility index (Phi) is 4.27. The van der Waals surface area contributed by atoms with Gasteiger partial charge >= 0.3 is 0 Å². The zero-order chi connectivity index (χ0) is 18.9. The fourth-order valence-corrected chi connectivity index (χ4v) is 3.59. The topological polar surface area (TPSA) is 100 Å². The summed E-state index contributed by atoms with van der Waals surface area (Å²) in [6.45, 7) is 2.78. The highest BCUT2D eigenvalue weighted by Gasteiger charge is 2.25. The Morgan fingerprint density at radius 1 is 1.14 bits per heavy atom. The number of H-pyrrole nitrogens is 1. The summed E-state index contributed by atoms with van der Waals surface area (Å²) < 4.78 is 6.06. The molecule has 1 saturated carbocycles. The van der Waals surface area contributed by atoms with Crippen molar-refractivity contribution >= 4 is 22.5 Å². The molecule has 0 spiro atoms. The van der Waals surface area contributed by atoms with E-state index < -0.39 is 0 Å². The number of nitrogens with zero attached hydrogens (tertiary/aromatic N) is 6. The Balaban J connectivity index is 1.32. The van der Waals surface area contributed by atoms with Gasteiger partial charge in [0, 0.05) is 31.9 Å². The molecule has 2 aromatic heterocycles. The summed E-state index contributed by atoms with van der Waals surface area (Å²) in [7, 11) is 0. The molecule has 3 heterocycles. The van der Waals surface area contributed by atoms with Gasteiger partial charge in [0.15, 0.2) is 5.69 Å². The van der Waals surface area contributed by atoms with Gasteiger partial charge in [-0.05, 0) is 37.5 Å². The number of aromatic amines is 1. The lowest BCUT2D eigenvalue weighted by Crippen LogP contribution is -2.48. The van der Waals surface area contributed by atoms with Crippen LogP contribution in [-0.2, 0) is 0 Å². The van der Waals surface area contributed by atoms with Crippen molar-refractivity contribution in [2.75, 3.05) is 31.1 Å². The van der Waals surface area contributed by atoms with Crippen molar-refractivity contribution in [2.24, 2.45) is 0 Å². The van der Waals surface area contributed by atoms with Gasteiger partial charge in [0.05, 0.1) is 17.1 Å². The molecule has 1 N–H and O–H groups in total. The standard InChI is InChI=1S/C19H21N7O2/c27-19(17-11-22-24-23-17)26-8-6-25(7-9-26)13-4-5-16-15(10-13)18(21-12-20-16)28-14-2-1-3-14/h4-5,10-12,14H,1-3,6-9H2,(H,22,23,24). The fourth-order valence-electron chi connectivity index (χ4n) is 3.59. The Hall–Kier alpha value is -3.23. The van der Waals surface area contributed by atoms with Crippen molar-refractivity contribution in [3.05, 3.63) is 36.4 Å². The van der Waals surface area contributed by atoms with Crippen LogP contribution in [0.15, 0.2) is 30.7 Å². The maximum atomic E-state index is 12.4. The van der Waals surface area contributed by atoms with Crippen molar-refractivity contribution < 1.29 is 9.53 Å². The van der Waals surface area contributed by atoms with Gasteiger partial charge in [-0.15, -0.1) is 0 Å². The minimum absolute atomic E-state index is 0.0866. The van der Waals surface area contributed by atoms with Crippen molar-refractivity contribution in [3.8, 4) is 5.88 Å². The van der Waals surface area contributed by atoms with E-state index in [2.05, 4.69) is 42.4 Å². The number of amides is 1. The number of carbonyl (C=O) groups excluding carboxylic acids is 1. The van der Waals surface area contributed by atoms with Crippen LogP contribution in [0.3, 0.4) is 0 Å². The molecule has 1 aromatic carbocycles. The summed E-state index contributed by atoms with van der Waals surface area (Å²) in [6.07, 6.45) is 6.69. The average molecular weight is 379 g/mol. The Morgan fingerprint density at radius 2 is 2.00 bits per heavy atom. The second-order valence-corrected chi connectivity index (χ2v) is 7.19. The molecular formula is C19H21N7O2. The SMILES string of the molecule is O=C(c1cn[nH]n1)N1CCN(c2ccc3ncnc(OC4CCC4)c3c2)CC1. The predicted octanol–water partition coefficient (Wildman–Crippen LogP) is 1.64. The summed E-state index contributed by atoms with van der Waals surface area (Å²) in [4.78, 5) is 25.2. The molecule has 0 unspecified atom stereocenters. The zero-order valence-corrected chi connectivity index (χ0v) is 15.4. The van der Waals surface area contributed by atoms with Gasteiger partial charge in [0.2, 0.25) is 5.88 Å². The Bertz CT molecular complexity index is 979. The highest BCUT2D eigenvalue weighted by Crippen LogP contribution is 2.31. The largest absolute Gasteiger partial charge is 0.474 e. The third-order valence-corrected chi connectivity index (χ3v) is 5.48. The molecule has 0 radical (unpaired) electrons. The number of nitrogens with one attached hydrogen (secondary N) is 1. The molecule has 1 saturated heterocycles. The van der Waals surface area contributed by atoms with E-state index >= 15 is 0 Å². The van der Waals surface area contributed by atoms with Crippen LogP contribution in [0, 0.1) is 0 Å². The molecule has 28 heavy (non-hydrogen) atoms. The lowest BCUT2D eigenvalue weighted by molar-refractivity contribution is 0.0741. The second-order valence-electron chi connectivity index (χ2n) is 7.19. The van der Waals surface area contributed by atoms with E-state index in [0.29, 0.717) is 24.7 Å². The van der Waals surface area contributed by atoms with E-state index in [1.54, 1.807) is 6.33 Å². The first-order valence-electron chi connectivity index (χ1n) is 9.59. The van der Waals surface area contributed by atoms with E-state index in [-0.39, 0.29) is 12.0 Å². The van der Waals surface area contributed by atoms with Crippen LogP contribution in [0.25, 0.3) is 10.9 Å². The number of fused-ring (bicyclic) bond motifs is 1. The molecule has 144 valence electrons. The minimum atomic E-state index is -0.0866. The molecule has 3 aromatic rings. The van der Waals surface area contributed by atoms with Gasteiger partial charge in [-0.25, -0.2) is 9.97 Å². The van der Waals surface area contributed by atoms with E-state index in [4.69, 9.17) is 4.74 Å². The van der Waals surface area contributed by atoms with Crippen molar-refractivity contribution in [1.82, 2.24) is 30.3 Å². The molecule has 5 rings (SSSR count). The average Bonchev–Trinajstić information content (AvgIpc) is 3.25. The molecule has 1 amide bonds.